The van der Waals surface area contributed by atoms with E-state index in [0.29, 0.717) is 19.4 Å². The number of thiol groups is 1. The second kappa shape index (κ2) is 14.4. The topological polar surface area (TPSA) is 177 Å². The lowest BCUT2D eigenvalue weighted by atomic mass is 10.0. The van der Waals surface area contributed by atoms with Crippen LogP contribution >= 0.6 is 12.6 Å². The van der Waals surface area contributed by atoms with Crippen molar-refractivity contribution in [1.29, 1.82) is 0 Å². The molecule has 0 fully saturated rings. The summed E-state index contributed by atoms with van der Waals surface area (Å²) in [4.78, 5) is 48.1. The van der Waals surface area contributed by atoms with Crippen LogP contribution in [0.5, 0.6) is 0 Å². The Balaban J connectivity index is 2.70. The third-order valence-electron chi connectivity index (χ3n) is 4.46. The minimum absolute atomic E-state index is 0.106. The molecule has 0 saturated carbocycles. The number of carbonyl (C=O) groups is 4. The van der Waals surface area contributed by atoms with Gasteiger partial charge in [0.05, 0.1) is 12.6 Å². The molecule has 3 unspecified atom stereocenters. The Hall–Kier alpha value is -2.63. The summed E-state index contributed by atoms with van der Waals surface area (Å²) < 4.78 is 0. The third kappa shape index (κ3) is 10.3. The van der Waals surface area contributed by atoms with Crippen molar-refractivity contribution in [2.24, 2.45) is 11.5 Å². The van der Waals surface area contributed by atoms with Crippen LogP contribution in [0.4, 0.5) is 0 Å². The molecule has 0 aromatic heterocycles. The Morgan fingerprint density at radius 3 is 2.26 bits per heavy atom. The third-order valence-corrected chi connectivity index (χ3v) is 4.83. The maximum Gasteiger partial charge on any atom is 0.327 e. The van der Waals surface area contributed by atoms with Gasteiger partial charge in [0.25, 0.3) is 0 Å². The number of rotatable bonds is 14. The number of carboxylic acid groups (broad SMARTS) is 1. The molecule has 0 heterocycles. The number of hydrogen-bond acceptors (Lipinski definition) is 7. The van der Waals surface area contributed by atoms with E-state index in [1.54, 1.807) is 24.3 Å². The van der Waals surface area contributed by atoms with Gasteiger partial charge in [-0.25, -0.2) is 4.79 Å². The first kappa shape index (κ1) is 26.4. The second-order valence-corrected chi connectivity index (χ2v) is 7.37. The van der Waals surface area contributed by atoms with Crippen LogP contribution in [0.15, 0.2) is 30.3 Å². The van der Waals surface area contributed by atoms with E-state index >= 15 is 0 Å². The van der Waals surface area contributed by atoms with Crippen LogP contribution in [0.1, 0.15) is 24.8 Å². The van der Waals surface area contributed by atoms with Crippen LogP contribution < -0.4 is 27.4 Å². The number of nitrogens with two attached hydrogens (primary N) is 2. The average molecular weight is 454 g/mol. The van der Waals surface area contributed by atoms with Crippen molar-refractivity contribution in [3.05, 3.63) is 35.9 Å². The Labute approximate surface area is 186 Å². The van der Waals surface area contributed by atoms with Gasteiger partial charge in [-0.15, -0.1) is 0 Å². The molecule has 172 valence electrons. The van der Waals surface area contributed by atoms with Gasteiger partial charge in [0.2, 0.25) is 17.7 Å². The van der Waals surface area contributed by atoms with Crippen LogP contribution in [-0.4, -0.2) is 65.8 Å². The minimum Gasteiger partial charge on any atom is -0.480 e. The average Bonchev–Trinajstić information content (AvgIpc) is 2.75. The van der Waals surface area contributed by atoms with Gasteiger partial charge in [0.1, 0.15) is 12.1 Å². The summed E-state index contributed by atoms with van der Waals surface area (Å²) in [6.07, 6.45) is 2.04. The first-order valence-electron chi connectivity index (χ1n) is 9.99. The molecule has 0 aliphatic carbocycles. The Morgan fingerprint density at radius 1 is 1.00 bits per heavy atom. The lowest BCUT2D eigenvalue weighted by Crippen LogP contribution is -2.54. The summed E-state index contributed by atoms with van der Waals surface area (Å²) >= 11 is 3.92. The highest BCUT2D eigenvalue weighted by molar-refractivity contribution is 7.80. The number of aliphatic carboxylic acids is 1. The highest BCUT2D eigenvalue weighted by atomic mass is 32.1. The molecule has 11 heteroatoms. The smallest absolute Gasteiger partial charge is 0.327 e. The van der Waals surface area contributed by atoms with Crippen LogP contribution in [0.25, 0.3) is 0 Å². The molecular weight excluding hydrogens is 422 g/mol. The molecule has 3 amide bonds. The van der Waals surface area contributed by atoms with Crippen molar-refractivity contribution in [2.45, 2.75) is 43.8 Å². The number of carbonyl (C=O) groups excluding carboxylic acids is 3. The van der Waals surface area contributed by atoms with E-state index < -0.39 is 41.8 Å². The van der Waals surface area contributed by atoms with Gasteiger partial charge in [-0.05, 0) is 24.9 Å². The minimum atomic E-state index is -1.23. The summed E-state index contributed by atoms with van der Waals surface area (Å²) in [5, 5.41) is 16.5. The van der Waals surface area contributed by atoms with Gasteiger partial charge in [0.15, 0.2) is 0 Å². The van der Waals surface area contributed by atoms with E-state index in [4.69, 9.17) is 16.6 Å². The molecule has 0 radical (unpaired) electrons. The summed E-state index contributed by atoms with van der Waals surface area (Å²) in [5.74, 6) is -3.08. The molecule has 3 atom stereocenters. The highest BCUT2D eigenvalue weighted by Crippen LogP contribution is 2.04. The number of amides is 3. The molecule has 1 aromatic carbocycles. The zero-order valence-corrected chi connectivity index (χ0v) is 18.1. The Kier molecular flexibility index (Phi) is 12.3. The molecule has 8 N–H and O–H groups in total. The van der Waals surface area contributed by atoms with E-state index in [2.05, 4.69) is 28.6 Å². The second-order valence-electron chi connectivity index (χ2n) is 7.00. The summed E-state index contributed by atoms with van der Waals surface area (Å²) in [7, 11) is 0. The molecule has 31 heavy (non-hydrogen) atoms. The quantitative estimate of drug-likeness (QED) is 0.136. The first-order chi connectivity index (χ1) is 14.8. The van der Waals surface area contributed by atoms with Crippen molar-refractivity contribution >= 4 is 36.3 Å². The van der Waals surface area contributed by atoms with Crippen LogP contribution in [0, 0.1) is 0 Å². The standard InChI is InChI=1S/C20H31N5O5S/c21-9-5-4-8-14(22)18(27)23-11-17(26)24-15(10-13-6-2-1-3-7-13)19(28)25-16(12-31)20(29)30/h1-3,6-7,14-16,31H,4-5,8-12,21-22H2,(H,23,27)(H,24,26)(H,25,28)(H,29,30). The van der Waals surface area contributed by atoms with E-state index in [1.807, 2.05) is 6.07 Å². The van der Waals surface area contributed by atoms with E-state index in [9.17, 15) is 19.2 Å². The molecule has 10 nitrogen and oxygen atoms in total. The molecule has 1 rings (SSSR count). The zero-order valence-electron chi connectivity index (χ0n) is 17.3. The van der Waals surface area contributed by atoms with E-state index in [0.717, 1.165) is 12.0 Å². The lowest BCUT2D eigenvalue weighted by molar-refractivity contribution is -0.141. The van der Waals surface area contributed by atoms with Crippen LogP contribution in [0.2, 0.25) is 0 Å². The first-order valence-corrected chi connectivity index (χ1v) is 10.6. The lowest BCUT2D eigenvalue weighted by Gasteiger charge is -2.21. The predicted molar refractivity (Wildman–Crippen MR) is 119 cm³/mol. The van der Waals surface area contributed by atoms with Gasteiger partial charge >= 0.3 is 5.97 Å². The van der Waals surface area contributed by atoms with Gasteiger partial charge in [0, 0.05) is 12.2 Å². The Bertz CT molecular complexity index is 734. The van der Waals surface area contributed by atoms with Gasteiger partial charge in [-0.3, -0.25) is 14.4 Å². The normalized spacial score (nSPS) is 13.5. The monoisotopic (exact) mass is 453 g/mol. The van der Waals surface area contributed by atoms with Crippen LogP contribution in [0.3, 0.4) is 0 Å². The molecular formula is C20H31N5O5S. The predicted octanol–water partition coefficient (Wildman–Crippen LogP) is -1.21. The number of nitrogens with one attached hydrogen (secondary N) is 3. The van der Waals surface area contributed by atoms with Gasteiger partial charge < -0.3 is 32.5 Å². The van der Waals surface area contributed by atoms with E-state index in [1.165, 1.54) is 0 Å². The van der Waals surface area contributed by atoms with Crippen molar-refractivity contribution < 1.29 is 24.3 Å². The maximum absolute atomic E-state index is 12.6. The maximum atomic E-state index is 12.6. The summed E-state index contributed by atoms with van der Waals surface area (Å²) in [6.45, 7) is 0.147. The van der Waals surface area contributed by atoms with Crippen molar-refractivity contribution in [2.75, 3.05) is 18.8 Å². The summed E-state index contributed by atoms with van der Waals surface area (Å²) in [6, 6.07) is 5.95. The van der Waals surface area contributed by atoms with E-state index in [-0.39, 0.29) is 18.7 Å². The van der Waals surface area contributed by atoms with Gasteiger partial charge in [-0.1, -0.05) is 36.8 Å². The molecule has 0 spiro atoms. The number of unbranched alkanes of at least 4 members (excludes halogenated alkanes) is 1. The fraction of sp³-hybridized carbons (Fsp3) is 0.500. The fourth-order valence-electron chi connectivity index (χ4n) is 2.70. The molecule has 0 aliphatic rings. The SMILES string of the molecule is NCCCCC(N)C(=O)NCC(=O)NC(Cc1ccccc1)C(=O)NC(CS)C(=O)O. The number of benzene rings is 1. The summed E-state index contributed by atoms with van der Waals surface area (Å²) in [5.41, 5.74) is 12.0. The van der Waals surface area contributed by atoms with Crippen molar-refractivity contribution in [1.82, 2.24) is 16.0 Å². The zero-order chi connectivity index (χ0) is 23.2. The largest absolute Gasteiger partial charge is 0.480 e. The Morgan fingerprint density at radius 2 is 1.68 bits per heavy atom. The number of hydrogen-bond donors (Lipinski definition) is 7. The number of carboxylic acids is 1. The molecule has 0 aliphatic heterocycles. The van der Waals surface area contributed by atoms with Crippen molar-refractivity contribution in [3.8, 4) is 0 Å². The van der Waals surface area contributed by atoms with Crippen molar-refractivity contribution in [3.63, 3.8) is 0 Å². The molecule has 0 bridgehead atoms. The fourth-order valence-corrected chi connectivity index (χ4v) is 2.95. The highest BCUT2D eigenvalue weighted by Gasteiger charge is 2.26. The van der Waals surface area contributed by atoms with Gasteiger partial charge in [-0.2, -0.15) is 12.6 Å². The molecule has 1 aromatic rings. The molecule has 0 saturated heterocycles. The van der Waals surface area contributed by atoms with Crippen LogP contribution in [-0.2, 0) is 25.6 Å².